The first-order valence-corrected chi connectivity index (χ1v) is 13.9. The van der Waals surface area contributed by atoms with Gasteiger partial charge in [-0.15, -0.1) is 0 Å². The third-order valence-electron chi connectivity index (χ3n) is 6.14. The van der Waals surface area contributed by atoms with Crippen molar-refractivity contribution in [3.8, 4) is 11.5 Å². The van der Waals surface area contributed by atoms with E-state index in [1.807, 2.05) is 11.8 Å². The van der Waals surface area contributed by atoms with E-state index in [-0.39, 0.29) is 24.7 Å². The Morgan fingerprint density at radius 1 is 1.37 bits per heavy atom. The number of rotatable bonds is 10. The second kappa shape index (κ2) is 12.6. The number of nitrogens with zero attached hydrogens (tertiary/aromatic N) is 5. The molecular formula is C23H29BrClN7O5S. The van der Waals surface area contributed by atoms with Gasteiger partial charge in [-0.3, -0.25) is 4.79 Å². The van der Waals surface area contributed by atoms with Gasteiger partial charge >= 0.3 is 5.97 Å². The Morgan fingerprint density at radius 3 is 2.82 bits per heavy atom. The summed E-state index contributed by atoms with van der Waals surface area (Å²) in [5.74, 6) is -0.314. The Kier molecular flexibility index (Phi) is 9.41. The van der Waals surface area contributed by atoms with Crippen LogP contribution in [0.2, 0.25) is 5.02 Å². The number of piperidine rings is 1. The van der Waals surface area contributed by atoms with E-state index in [4.69, 9.17) is 30.8 Å². The first-order valence-electron chi connectivity index (χ1n) is 12.0. The van der Waals surface area contributed by atoms with Gasteiger partial charge in [0.15, 0.2) is 11.0 Å². The summed E-state index contributed by atoms with van der Waals surface area (Å²) in [6.07, 6.45) is 1.69. The minimum atomic E-state index is -0.470. The summed E-state index contributed by atoms with van der Waals surface area (Å²) in [6, 6.07) is -0.247. The molecule has 0 unspecified atom stereocenters. The van der Waals surface area contributed by atoms with Crippen LogP contribution in [0, 0.1) is 6.92 Å². The largest absolute Gasteiger partial charge is 0.462 e. The molecule has 4 rings (SSSR count). The molecule has 2 atom stereocenters. The Balaban J connectivity index is 1.55. The number of thiazole rings is 1. The lowest BCUT2D eigenvalue weighted by Crippen LogP contribution is -2.55. The van der Waals surface area contributed by atoms with Gasteiger partial charge in [-0.25, -0.2) is 19.4 Å². The smallest absolute Gasteiger partial charge is 0.350 e. The Morgan fingerprint density at radius 2 is 2.16 bits per heavy atom. The Hall–Kier alpha value is -2.52. The van der Waals surface area contributed by atoms with E-state index in [1.165, 1.54) is 17.7 Å². The van der Waals surface area contributed by atoms with E-state index >= 15 is 0 Å². The lowest BCUT2D eigenvalue weighted by atomic mass is 10.0. The fourth-order valence-corrected chi connectivity index (χ4v) is 5.74. The van der Waals surface area contributed by atoms with E-state index in [0.717, 1.165) is 5.69 Å². The summed E-state index contributed by atoms with van der Waals surface area (Å²) in [5, 5.41) is 8.25. The lowest BCUT2D eigenvalue weighted by Gasteiger charge is -2.37. The van der Waals surface area contributed by atoms with Crippen LogP contribution in [0.3, 0.4) is 0 Å². The number of aromatic nitrogens is 5. The van der Waals surface area contributed by atoms with Gasteiger partial charge in [0, 0.05) is 33.0 Å². The summed E-state index contributed by atoms with van der Waals surface area (Å²) in [5.41, 5.74) is 1.48. The predicted molar refractivity (Wildman–Crippen MR) is 146 cm³/mol. The molecule has 0 radical (unpaired) electrons. The van der Waals surface area contributed by atoms with Crippen molar-refractivity contribution in [2.75, 3.05) is 45.4 Å². The molecule has 1 amide bonds. The predicted octanol–water partition coefficient (Wildman–Crippen LogP) is 3.30. The number of aryl methyl sites for hydroxylation is 1. The van der Waals surface area contributed by atoms with Crippen molar-refractivity contribution < 1.29 is 23.8 Å². The molecular weight excluding hydrogens is 602 g/mol. The molecule has 1 aliphatic heterocycles. The quantitative estimate of drug-likeness (QED) is 0.323. The number of anilines is 1. The van der Waals surface area contributed by atoms with Crippen LogP contribution in [0.5, 0.6) is 0 Å². The molecule has 4 heterocycles. The molecule has 206 valence electrons. The van der Waals surface area contributed by atoms with Gasteiger partial charge in [-0.05, 0) is 36.2 Å². The summed E-state index contributed by atoms with van der Waals surface area (Å²) in [4.78, 5) is 40.3. The zero-order valence-corrected chi connectivity index (χ0v) is 24.6. The fourth-order valence-electron chi connectivity index (χ4n) is 4.18. The molecule has 0 spiro atoms. The molecule has 38 heavy (non-hydrogen) atoms. The Labute approximate surface area is 237 Å². The Bertz CT molecular complexity index is 1300. The number of hydrogen-bond donors (Lipinski definition) is 2. The zero-order valence-electron chi connectivity index (χ0n) is 21.4. The first kappa shape index (κ1) is 28.5. The maximum atomic E-state index is 12.9. The summed E-state index contributed by atoms with van der Waals surface area (Å²) in [6.45, 7) is 5.74. The molecule has 1 aliphatic rings. The number of hydrogen-bond acceptors (Lipinski definition) is 10. The van der Waals surface area contributed by atoms with Crippen molar-refractivity contribution in [3.63, 3.8) is 0 Å². The lowest BCUT2D eigenvalue weighted by molar-refractivity contribution is 0.0531. The fraction of sp³-hybridized carbons (Fsp3) is 0.522. The van der Waals surface area contributed by atoms with Crippen LogP contribution >= 0.6 is 38.9 Å². The minimum absolute atomic E-state index is 0.236. The molecule has 0 bridgehead atoms. The maximum Gasteiger partial charge on any atom is 0.350 e. The van der Waals surface area contributed by atoms with Gasteiger partial charge in [0.05, 0.1) is 41.4 Å². The number of carbonyl (C=O) groups is 2. The van der Waals surface area contributed by atoms with Crippen LogP contribution in [-0.2, 0) is 20.8 Å². The second-order valence-electron chi connectivity index (χ2n) is 8.54. The average Bonchev–Trinajstić information content (AvgIpc) is 3.62. The highest BCUT2D eigenvalue weighted by Gasteiger charge is 2.34. The van der Waals surface area contributed by atoms with Gasteiger partial charge in [0.25, 0.3) is 5.91 Å². The van der Waals surface area contributed by atoms with Crippen LogP contribution < -0.4 is 10.2 Å². The summed E-state index contributed by atoms with van der Waals surface area (Å²) >= 11 is 10.9. The van der Waals surface area contributed by atoms with Crippen LogP contribution in [-0.4, -0.2) is 89.3 Å². The molecule has 0 aliphatic carbocycles. The number of aromatic amines is 1. The molecule has 0 saturated carbocycles. The molecule has 1 fully saturated rings. The van der Waals surface area contributed by atoms with Crippen molar-refractivity contribution in [1.82, 2.24) is 30.0 Å². The highest BCUT2D eigenvalue weighted by molar-refractivity contribution is 9.10. The second-order valence-corrected chi connectivity index (χ2v) is 10.7. The van der Waals surface area contributed by atoms with Gasteiger partial charge in [0.1, 0.15) is 22.6 Å². The highest BCUT2D eigenvalue weighted by atomic mass is 79.9. The van der Waals surface area contributed by atoms with E-state index in [9.17, 15) is 9.59 Å². The van der Waals surface area contributed by atoms with Crippen molar-refractivity contribution in [3.05, 3.63) is 32.1 Å². The van der Waals surface area contributed by atoms with Crippen LogP contribution in [0.15, 0.2) is 10.8 Å². The molecule has 12 nitrogen and oxygen atoms in total. The topological polar surface area (TPSA) is 136 Å². The number of esters is 1. The van der Waals surface area contributed by atoms with Gasteiger partial charge in [0.2, 0.25) is 0 Å². The number of ether oxygens (including phenoxy) is 3. The SMILES string of the molecule is CCOC(=O)c1sc(N2CC[C@@H](NC(=O)c3[nH]c(C)c(Br)c3Cl)[C@@H](OC)C2)nc1-c1ncnn1CCOC. The van der Waals surface area contributed by atoms with Crippen LogP contribution in [0.1, 0.15) is 39.2 Å². The average molecular weight is 631 g/mol. The molecule has 1 saturated heterocycles. The van der Waals surface area contributed by atoms with Crippen molar-refractivity contribution in [2.45, 2.75) is 39.0 Å². The van der Waals surface area contributed by atoms with Crippen molar-refractivity contribution >= 4 is 55.9 Å². The standard InChI is InChI=1S/C23H29BrClN7O5S/c1-5-37-22(34)19-18(20-26-11-27-32(20)8-9-35-3)30-23(38-19)31-7-6-13(14(10-31)36-4)29-21(33)17-16(25)15(24)12(2)28-17/h11,13-14,28H,5-10H2,1-4H3,(H,29,33)/t13-,14+/m1/s1. The molecule has 3 aromatic heterocycles. The number of carbonyl (C=O) groups excluding carboxylic acids is 2. The van der Waals surface area contributed by atoms with Gasteiger partial charge < -0.3 is 29.4 Å². The van der Waals surface area contributed by atoms with Crippen LogP contribution in [0.4, 0.5) is 5.13 Å². The first-order chi connectivity index (χ1) is 18.3. The number of methoxy groups -OCH3 is 2. The van der Waals surface area contributed by atoms with E-state index in [2.05, 4.69) is 36.3 Å². The zero-order chi connectivity index (χ0) is 27.4. The molecule has 0 aromatic carbocycles. The normalized spacial score (nSPS) is 17.6. The number of nitrogens with one attached hydrogen (secondary N) is 2. The van der Waals surface area contributed by atoms with E-state index < -0.39 is 5.97 Å². The number of halogens is 2. The monoisotopic (exact) mass is 629 g/mol. The molecule has 15 heteroatoms. The summed E-state index contributed by atoms with van der Waals surface area (Å²) < 4.78 is 18.5. The molecule has 2 N–H and O–H groups in total. The van der Waals surface area contributed by atoms with Crippen LogP contribution in [0.25, 0.3) is 11.5 Å². The van der Waals surface area contributed by atoms with E-state index in [1.54, 1.807) is 25.8 Å². The highest BCUT2D eigenvalue weighted by Crippen LogP contribution is 2.35. The molecule has 3 aromatic rings. The maximum absolute atomic E-state index is 12.9. The van der Waals surface area contributed by atoms with Gasteiger partial charge in [-0.2, -0.15) is 5.10 Å². The van der Waals surface area contributed by atoms with Gasteiger partial charge in [-0.1, -0.05) is 22.9 Å². The van der Waals surface area contributed by atoms with E-state index in [0.29, 0.717) is 69.4 Å². The summed E-state index contributed by atoms with van der Waals surface area (Å²) in [7, 11) is 3.21. The van der Waals surface area contributed by atoms with Crippen molar-refractivity contribution in [2.24, 2.45) is 0 Å². The third kappa shape index (κ3) is 5.88. The van der Waals surface area contributed by atoms with Crippen molar-refractivity contribution in [1.29, 1.82) is 0 Å². The minimum Gasteiger partial charge on any atom is -0.462 e. The third-order valence-corrected chi connectivity index (χ3v) is 8.83. The number of H-pyrrole nitrogens is 1. The number of amides is 1.